The molecule has 1 unspecified atom stereocenters. The van der Waals surface area contributed by atoms with Gasteiger partial charge in [-0.25, -0.2) is 8.42 Å². The summed E-state index contributed by atoms with van der Waals surface area (Å²) in [6.07, 6.45) is 4.70. The molecule has 5 rings (SSSR count). The molecule has 9 heteroatoms. The van der Waals surface area contributed by atoms with Crippen LogP contribution >= 0.6 is 0 Å². The summed E-state index contributed by atoms with van der Waals surface area (Å²) >= 11 is 0. The number of hydrogen-bond acceptors (Lipinski definition) is 7. The van der Waals surface area contributed by atoms with Gasteiger partial charge in [-0.05, 0) is 55.4 Å². The number of sulfonamides is 1. The van der Waals surface area contributed by atoms with Crippen LogP contribution in [0.3, 0.4) is 0 Å². The topological polar surface area (TPSA) is 100 Å². The monoisotopic (exact) mass is 470 g/mol. The van der Waals surface area contributed by atoms with Gasteiger partial charge in [-0.15, -0.1) is 0 Å². The van der Waals surface area contributed by atoms with Crippen LogP contribution in [0.4, 0.5) is 0 Å². The van der Waals surface area contributed by atoms with Crippen LogP contribution in [0.1, 0.15) is 46.0 Å². The van der Waals surface area contributed by atoms with Crippen LogP contribution in [-0.2, 0) is 14.8 Å². The second-order valence-electron chi connectivity index (χ2n) is 10.2. The fourth-order valence-corrected chi connectivity index (χ4v) is 7.36. The van der Waals surface area contributed by atoms with Crippen LogP contribution in [0.15, 0.2) is 62.4 Å². The fourth-order valence-electron chi connectivity index (χ4n) is 5.88. The summed E-state index contributed by atoms with van der Waals surface area (Å²) in [6.45, 7) is 4.98. The van der Waals surface area contributed by atoms with Gasteiger partial charge < -0.3 is 10.1 Å². The Kier molecular flexibility index (Phi) is 5.25. The summed E-state index contributed by atoms with van der Waals surface area (Å²) in [5.74, 6) is 0.773. The normalized spacial score (nSPS) is 29.2. The summed E-state index contributed by atoms with van der Waals surface area (Å²) in [5, 5.41) is 12.0. The standard InChI is InChI=1S/C24H30N4O4S/c1-23(2)13-19-21(20(29)14-23)24(18-15-25-27-22(18)26-19)9-4-11-28(12-10-24)33(30,31)17-7-5-16(32-3)6-8-17/h5-8,15,22,26H,4,9-14H2,1-3H3/t22?,24-/m0/s1. The lowest BCUT2D eigenvalue weighted by molar-refractivity contribution is -0.119. The molecule has 4 aliphatic rings. The van der Waals surface area contributed by atoms with Crippen LogP contribution in [0.5, 0.6) is 5.75 Å². The van der Waals surface area contributed by atoms with Crippen LogP contribution in [0.2, 0.25) is 0 Å². The Hall–Kier alpha value is -2.52. The van der Waals surface area contributed by atoms with E-state index >= 15 is 0 Å². The van der Waals surface area contributed by atoms with Crippen molar-refractivity contribution in [3.8, 4) is 5.75 Å². The van der Waals surface area contributed by atoms with E-state index in [-0.39, 0.29) is 22.3 Å². The van der Waals surface area contributed by atoms with Crippen molar-refractivity contribution >= 4 is 15.8 Å². The SMILES string of the molecule is COc1ccc(S(=O)(=O)N2CCC[C@]3(CC2)C2=CN=NC2NC2=C3C(=O)CC(C)(C)C2)cc1. The molecular formula is C24H30N4O4S. The number of methoxy groups -OCH3 is 1. The van der Waals surface area contributed by atoms with E-state index in [1.54, 1.807) is 41.9 Å². The number of allylic oxidation sites excluding steroid dienone is 2. The Morgan fingerprint density at radius 3 is 2.61 bits per heavy atom. The number of carbonyl (C=O) groups is 1. The van der Waals surface area contributed by atoms with E-state index in [1.165, 1.54) is 0 Å². The van der Waals surface area contributed by atoms with Gasteiger partial charge in [-0.3, -0.25) is 4.79 Å². The number of nitrogens with zero attached hydrogens (tertiary/aromatic N) is 3. The maximum atomic E-state index is 13.4. The Morgan fingerprint density at radius 2 is 1.88 bits per heavy atom. The molecule has 0 amide bonds. The van der Waals surface area contributed by atoms with Crippen molar-refractivity contribution in [3.63, 3.8) is 0 Å². The van der Waals surface area contributed by atoms with E-state index in [2.05, 4.69) is 29.4 Å². The molecule has 0 saturated carbocycles. The Morgan fingerprint density at radius 1 is 1.12 bits per heavy atom. The fraction of sp³-hybridized carbons (Fsp3) is 0.542. The molecule has 1 fully saturated rings. The Balaban J connectivity index is 1.50. The minimum Gasteiger partial charge on any atom is -0.497 e. The quantitative estimate of drug-likeness (QED) is 0.725. The highest BCUT2D eigenvalue weighted by Gasteiger charge is 2.53. The molecule has 1 saturated heterocycles. The summed E-state index contributed by atoms with van der Waals surface area (Å²) in [5.41, 5.74) is 2.16. The highest BCUT2D eigenvalue weighted by molar-refractivity contribution is 7.89. The molecule has 0 radical (unpaired) electrons. The number of ketones is 1. The van der Waals surface area contributed by atoms with Gasteiger partial charge in [0, 0.05) is 41.8 Å². The van der Waals surface area contributed by atoms with E-state index in [1.807, 2.05) is 0 Å². The molecule has 1 aromatic rings. The number of nitrogens with one attached hydrogen (secondary N) is 1. The first-order chi connectivity index (χ1) is 15.7. The first kappa shape index (κ1) is 22.3. The number of Topliss-reactive ketones (excluding diaryl/α,β-unsaturated/α-hetero) is 1. The zero-order valence-corrected chi connectivity index (χ0v) is 20.1. The highest BCUT2D eigenvalue weighted by atomic mass is 32.2. The second kappa shape index (κ2) is 7.77. The Bertz CT molecular complexity index is 1180. The molecule has 1 N–H and O–H groups in total. The largest absolute Gasteiger partial charge is 0.497 e. The number of carbonyl (C=O) groups excluding carboxylic acids is 1. The maximum Gasteiger partial charge on any atom is 0.243 e. The third-order valence-corrected chi connectivity index (χ3v) is 9.30. The number of fused-ring (bicyclic) bond motifs is 3. The zero-order valence-electron chi connectivity index (χ0n) is 19.3. The average Bonchev–Trinajstić information content (AvgIpc) is 3.13. The third kappa shape index (κ3) is 3.61. The Labute approximate surface area is 194 Å². The van der Waals surface area contributed by atoms with Gasteiger partial charge in [-0.1, -0.05) is 13.8 Å². The first-order valence-corrected chi connectivity index (χ1v) is 12.9. The lowest BCUT2D eigenvalue weighted by atomic mass is 9.60. The van der Waals surface area contributed by atoms with Crippen LogP contribution in [0.25, 0.3) is 0 Å². The maximum absolute atomic E-state index is 13.4. The van der Waals surface area contributed by atoms with Gasteiger partial charge >= 0.3 is 0 Å². The molecule has 2 atom stereocenters. The molecule has 33 heavy (non-hydrogen) atoms. The average molecular weight is 471 g/mol. The highest BCUT2D eigenvalue weighted by Crippen LogP contribution is 2.55. The van der Waals surface area contributed by atoms with Crippen molar-refractivity contribution in [2.24, 2.45) is 21.1 Å². The van der Waals surface area contributed by atoms with Crippen molar-refractivity contribution in [3.05, 3.63) is 47.3 Å². The number of ether oxygens (including phenoxy) is 1. The lowest BCUT2D eigenvalue weighted by Gasteiger charge is -2.47. The van der Waals surface area contributed by atoms with Gasteiger partial charge in [0.1, 0.15) is 5.75 Å². The summed E-state index contributed by atoms with van der Waals surface area (Å²) in [7, 11) is -2.10. The molecule has 8 nitrogen and oxygen atoms in total. The summed E-state index contributed by atoms with van der Waals surface area (Å²) in [6, 6.07) is 6.49. The minimum absolute atomic E-state index is 0.116. The van der Waals surface area contributed by atoms with Crippen molar-refractivity contribution in [2.75, 3.05) is 20.2 Å². The van der Waals surface area contributed by atoms with Crippen molar-refractivity contribution in [1.29, 1.82) is 0 Å². The lowest BCUT2D eigenvalue weighted by Crippen LogP contribution is -2.49. The van der Waals surface area contributed by atoms with Crippen LogP contribution in [-0.4, -0.2) is 44.9 Å². The predicted octanol–water partition coefficient (Wildman–Crippen LogP) is 3.78. The molecule has 1 spiro atoms. The summed E-state index contributed by atoms with van der Waals surface area (Å²) < 4.78 is 33.5. The van der Waals surface area contributed by atoms with Crippen LogP contribution < -0.4 is 10.1 Å². The molecule has 0 bridgehead atoms. The van der Waals surface area contributed by atoms with Crippen molar-refractivity contribution < 1.29 is 17.9 Å². The van der Waals surface area contributed by atoms with E-state index < -0.39 is 15.4 Å². The predicted molar refractivity (Wildman–Crippen MR) is 123 cm³/mol. The summed E-state index contributed by atoms with van der Waals surface area (Å²) in [4.78, 5) is 13.7. The smallest absolute Gasteiger partial charge is 0.243 e. The van der Waals surface area contributed by atoms with Crippen molar-refractivity contribution in [2.45, 2.75) is 57.0 Å². The van der Waals surface area contributed by atoms with Gasteiger partial charge in [0.05, 0.1) is 18.2 Å². The van der Waals surface area contributed by atoms with E-state index in [4.69, 9.17) is 4.74 Å². The molecule has 1 aromatic carbocycles. The molecule has 3 aliphatic heterocycles. The molecule has 3 heterocycles. The number of azo groups is 1. The van der Waals surface area contributed by atoms with E-state index in [0.29, 0.717) is 44.5 Å². The number of hydrogen-bond donors (Lipinski definition) is 1. The van der Waals surface area contributed by atoms with Gasteiger partial charge in [-0.2, -0.15) is 14.5 Å². The second-order valence-corrected chi connectivity index (χ2v) is 12.1. The van der Waals surface area contributed by atoms with Crippen LogP contribution in [0, 0.1) is 10.8 Å². The minimum atomic E-state index is -3.65. The van der Waals surface area contributed by atoms with Gasteiger partial charge in [0.2, 0.25) is 10.0 Å². The zero-order chi connectivity index (χ0) is 23.4. The number of benzene rings is 1. The molecule has 1 aliphatic carbocycles. The van der Waals surface area contributed by atoms with Gasteiger partial charge in [0.15, 0.2) is 11.9 Å². The molecular weight excluding hydrogens is 440 g/mol. The molecule has 0 aromatic heterocycles. The number of rotatable bonds is 3. The van der Waals surface area contributed by atoms with E-state index in [0.717, 1.165) is 23.3 Å². The first-order valence-electron chi connectivity index (χ1n) is 11.4. The third-order valence-electron chi connectivity index (χ3n) is 7.39. The van der Waals surface area contributed by atoms with Gasteiger partial charge in [0.25, 0.3) is 0 Å². The van der Waals surface area contributed by atoms with Crippen molar-refractivity contribution in [1.82, 2.24) is 9.62 Å². The van der Waals surface area contributed by atoms with E-state index in [9.17, 15) is 13.2 Å². The molecule has 176 valence electrons.